The van der Waals surface area contributed by atoms with Crippen LogP contribution in [0.3, 0.4) is 0 Å². The van der Waals surface area contributed by atoms with Gasteiger partial charge >= 0.3 is 0 Å². The van der Waals surface area contributed by atoms with Gasteiger partial charge < -0.3 is 20.1 Å². The molecular formula is C16H25ClN4O2. The molecule has 23 heavy (non-hydrogen) atoms. The molecule has 2 atom stereocenters. The second-order valence-electron chi connectivity index (χ2n) is 6.29. The van der Waals surface area contributed by atoms with Gasteiger partial charge in [0.15, 0.2) is 0 Å². The van der Waals surface area contributed by atoms with Crippen molar-refractivity contribution in [3.63, 3.8) is 0 Å². The molecule has 128 valence electrons. The number of aryl methyl sites for hydroxylation is 1. The maximum absolute atomic E-state index is 12.6. The maximum Gasteiger partial charge on any atom is 0.270 e. The molecular weight excluding hydrogens is 316 g/mol. The Kier molecular flexibility index (Phi) is 5.70. The maximum atomic E-state index is 12.6. The number of nitrogens with two attached hydrogens (primary N) is 1. The number of aromatic nitrogens is 1. The molecule has 2 fully saturated rings. The van der Waals surface area contributed by atoms with E-state index in [9.17, 15) is 9.59 Å². The van der Waals surface area contributed by atoms with Crippen molar-refractivity contribution in [2.75, 3.05) is 26.2 Å². The summed E-state index contributed by atoms with van der Waals surface area (Å²) in [5, 5.41) is 0. The number of piperidine rings is 2. The molecule has 3 rings (SSSR count). The van der Waals surface area contributed by atoms with Gasteiger partial charge in [0.1, 0.15) is 5.69 Å². The molecule has 0 unspecified atom stereocenters. The van der Waals surface area contributed by atoms with Gasteiger partial charge in [0.05, 0.1) is 0 Å². The van der Waals surface area contributed by atoms with Crippen LogP contribution in [-0.4, -0.2) is 58.4 Å². The molecule has 0 bridgehead atoms. The molecule has 0 aromatic carbocycles. The summed E-state index contributed by atoms with van der Waals surface area (Å²) in [5.74, 6) is 0.685. The van der Waals surface area contributed by atoms with Gasteiger partial charge in [-0.2, -0.15) is 0 Å². The van der Waals surface area contributed by atoms with Gasteiger partial charge in [-0.05, 0) is 30.9 Å². The van der Waals surface area contributed by atoms with Crippen molar-refractivity contribution in [2.24, 2.45) is 18.7 Å². The lowest BCUT2D eigenvalue weighted by molar-refractivity contribution is -0.140. The number of nitrogens with zero attached hydrogens (tertiary/aromatic N) is 3. The van der Waals surface area contributed by atoms with Crippen LogP contribution in [0.25, 0.3) is 0 Å². The van der Waals surface area contributed by atoms with E-state index >= 15 is 0 Å². The minimum Gasteiger partial charge on any atom is -0.347 e. The van der Waals surface area contributed by atoms with Crippen molar-refractivity contribution in [1.82, 2.24) is 14.4 Å². The van der Waals surface area contributed by atoms with E-state index in [0.29, 0.717) is 32.0 Å². The van der Waals surface area contributed by atoms with Crippen molar-refractivity contribution < 1.29 is 9.59 Å². The fraction of sp³-hybridized carbons (Fsp3) is 0.625. The number of hydrogen-bond donors (Lipinski definition) is 1. The van der Waals surface area contributed by atoms with Crippen LogP contribution in [0.4, 0.5) is 0 Å². The highest BCUT2D eigenvalue weighted by molar-refractivity contribution is 5.93. The highest BCUT2D eigenvalue weighted by Gasteiger charge is 2.40. The summed E-state index contributed by atoms with van der Waals surface area (Å²) in [6, 6.07) is 4.00. The third-order valence-corrected chi connectivity index (χ3v) is 4.96. The van der Waals surface area contributed by atoms with Gasteiger partial charge in [-0.3, -0.25) is 9.59 Å². The highest BCUT2D eigenvalue weighted by atomic mass is 35.5. The van der Waals surface area contributed by atoms with E-state index < -0.39 is 0 Å². The second-order valence-corrected chi connectivity index (χ2v) is 6.29. The van der Waals surface area contributed by atoms with Crippen molar-refractivity contribution in [1.29, 1.82) is 0 Å². The molecule has 2 aliphatic heterocycles. The van der Waals surface area contributed by atoms with Crippen LogP contribution in [0.1, 0.15) is 29.8 Å². The Bertz CT molecular complexity index is 574. The van der Waals surface area contributed by atoms with Crippen molar-refractivity contribution >= 4 is 24.2 Å². The number of carbonyl (C=O) groups excluding carboxylic acids is 2. The van der Waals surface area contributed by atoms with Crippen LogP contribution < -0.4 is 5.73 Å². The number of hydrogen-bond acceptors (Lipinski definition) is 3. The monoisotopic (exact) mass is 340 g/mol. The Morgan fingerprint density at radius 2 is 2.17 bits per heavy atom. The van der Waals surface area contributed by atoms with Gasteiger partial charge in [0, 0.05) is 51.9 Å². The lowest BCUT2D eigenvalue weighted by Gasteiger charge is -2.47. The fourth-order valence-electron chi connectivity index (χ4n) is 3.81. The van der Waals surface area contributed by atoms with Gasteiger partial charge in [0.25, 0.3) is 5.91 Å². The number of rotatable bonds is 3. The van der Waals surface area contributed by atoms with Crippen LogP contribution in [0.15, 0.2) is 18.3 Å². The zero-order valence-electron chi connectivity index (χ0n) is 13.5. The summed E-state index contributed by atoms with van der Waals surface area (Å²) in [4.78, 5) is 28.6. The Morgan fingerprint density at radius 1 is 1.39 bits per heavy atom. The molecule has 1 aromatic rings. The first-order valence-electron chi connectivity index (χ1n) is 8.02. The molecule has 0 saturated carbocycles. The SMILES string of the molecule is Cl.Cn1cccc1C(=O)N1CC[C@@H]2[C@@H](CCC(=O)N2CCN)C1. The van der Waals surface area contributed by atoms with Gasteiger partial charge in [-0.15, -0.1) is 12.4 Å². The average Bonchev–Trinajstić information content (AvgIpc) is 2.95. The van der Waals surface area contributed by atoms with E-state index in [1.807, 2.05) is 39.7 Å². The molecule has 2 amide bonds. The highest BCUT2D eigenvalue weighted by Crippen LogP contribution is 2.31. The number of fused-ring (bicyclic) bond motifs is 1. The molecule has 0 aliphatic carbocycles. The molecule has 2 N–H and O–H groups in total. The summed E-state index contributed by atoms with van der Waals surface area (Å²) in [7, 11) is 1.89. The number of likely N-dealkylation sites (tertiary alicyclic amines) is 2. The zero-order chi connectivity index (χ0) is 15.7. The number of halogens is 1. The second kappa shape index (κ2) is 7.36. The lowest BCUT2D eigenvalue weighted by Crippen LogP contribution is -2.57. The molecule has 6 nitrogen and oxygen atoms in total. The molecule has 2 saturated heterocycles. The normalized spacial score (nSPS) is 24.2. The topological polar surface area (TPSA) is 71.6 Å². The van der Waals surface area contributed by atoms with E-state index in [2.05, 4.69) is 0 Å². The summed E-state index contributed by atoms with van der Waals surface area (Å²) in [6.07, 6.45) is 4.20. The van der Waals surface area contributed by atoms with E-state index in [1.165, 1.54) is 0 Å². The summed E-state index contributed by atoms with van der Waals surface area (Å²) < 4.78 is 1.86. The Hall–Kier alpha value is -1.53. The molecule has 0 spiro atoms. The van der Waals surface area contributed by atoms with Gasteiger partial charge in [0.2, 0.25) is 5.91 Å². The van der Waals surface area contributed by atoms with E-state index in [-0.39, 0.29) is 30.3 Å². The van der Waals surface area contributed by atoms with E-state index in [1.54, 1.807) is 0 Å². The molecule has 3 heterocycles. The number of amides is 2. The Labute approximate surface area is 143 Å². The van der Waals surface area contributed by atoms with Crippen LogP contribution in [0.2, 0.25) is 0 Å². The molecule has 7 heteroatoms. The van der Waals surface area contributed by atoms with E-state index in [0.717, 1.165) is 25.1 Å². The largest absolute Gasteiger partial charge is 0.347 e. The summed E-state index contributed by atoms with van der Waals surface area (Å²) in [6.45, 7) is 2.58. The summed E-state index contributed by atoms with van der Waals surface area (Å²) in [5.41, 5.74) is 6.36. The Balaban J connectivity index is 0.00000192. The predicted octanol–water partition coefficient (Wildman–Crippen LogP) is 0.859. The smallest absolute Gasteiger partial charge is 0.270 e. The minimum atomic E-state index is 0. The standard InChI is InChI=1S/C16H24N4O2.ClH/c1-18-8-2-3-14(18)16(22)19-9-6-13-12(11-19)4-5-15(21)20(13)10-7-17;/h2-3,8,12-13H,4-7,9-11,17H2,1H3;1H/t12-,13+;/m0./s1. The van der Waals surface area contributed by atoms with Gasteiger partial charge in [-0.25, -0.2) is 0 Å². The molecule has 1 aromatic heterocycles. The van der Waals surface area contributed by atoms with Crippen molar-refractivity contribution in [2.45, 2.75) is 25.3 Å². The quantitative estimate of drug-likeness (QED) is 0.887. The van der Waals surface area contributed by atoms with Gasteiger partial charge in [-0.1, -0.05) is 0 Å². The van der Waals surface area contributed by atoms with Crippen LogP contribution in [0.5, 0.6) is 0 Å². The first kappa shape index (κ1) is 17.8. The first-order chi connectivity index (χ1) is 10.6. The minimum absolute atomic E-state index is 0. The third kappa shape index (κ3) is 3.38. The molecule has 2 aliphatic rings. The first-order valence-corrected chi connectivity index (χ1v) is 8.02. The zero-order valence-corrected chi connectivity index (χ0v) is 14.3. The lowest BCUT2D eigenvalue weighted by atomic mass is 9.83. The van der Waals surface area contributed by atoms with Crippen LogP contribution in [-0.2, 0) is 11.8 Å². The third-order valence-electron chi connectivity index (χ3n) is 4.96. The van der Waals surface area contributed by atoms with Crippen LogP contribution in [0, 0.1) is 5.92 Å². The van der Waals surface area contributed by atoms with Crippen molar-refractivity contribution in [3.05, 3.63) is 24.0 Å². The predicted molar refractivity (Wildman–Crippen MR) is 90.5 cm³/mol. The molecule has 0 radical (unpaired) electrons. The van der Waals surface area contributed by atoms with Crippen LogP contribution >= 0.6 is 12.4 Å². The fourth-order valence-corrected chi connectivity index (χ4v) is 3.81. The number of carbonyl (C=O) groups is 2. The summed E-state index contributed by atoms with van der Waals surface area (Å²) >= 11 is 0. The van der Waals surface area contributed by atoms with Crippen molar-refractivity contribution in [3.8, 4) is 0 Å². The van der Waals surface area contributed by atoms with E-state index in [4.69, 9.17) is 5.73 Å². The average molecular weight is 341 g/mol. The Morgan fingerprint density at radius 3 is 2.83 bits per heavy atom.